The van der Waals surface area contributed by atoms with Gasteiger partial charge in [0.2, 0.25) is 0 Å². The molecule has 1 aromatic carbocycles. The first-order chi connectivity index (χ1) is 13.4. The monoisotopic (exact) mass is 394 g/mol. The Morgan fingerprint density at radius 2 is 1.82 bits per heavy atom. The first-order valence-electron chi connectivity index (χ1n) is 10.4. The van der Waals surface area contributed by atoms with Crippen LogP contribution in [0.4, 0.5) is 0 Å². The van der Waals surface area contributed by atoms with Crippen LogP contribution in [-0.4, -0.2) is 38.5 Å². The molecule has 0 bridgehead atoms. The molecule has 5 nitrogen and oxygen atoms in total. The molecule has 1 rings (SSSR count). The van der Waals surface area contributed by atoms with Crippen molar-refractivity contribution in [3.05, 3.63) is 23.8 Å². The Balaban J connectivity index is 2.70. The van der Waals surface area contributed by atoms with Crippen molar-refractivity contribution in [3.63, 3.8) is 0 Å². The Morgan fingerprint density at radius 1 is 1.07 bits per heavy atom. The Labute approximate surface area is 170 Å². The minimum Gasteiger partial charge on any atom is -0.493 e. The molecule has 2 atom stereocenters. The molecule has 0 aliphatic rings. The molecule has 0 aliphatic carbocycles. The Kier molecular flexibility index (Phi) is 11.7. The number of carbonyl (C=O) groups is 1. The average molecular weight is 395 g/mol. The number of ether oxygens (including phenoxy) is 3. The zero-order valence-electron chi connectivity index (χ0n) is 18.2. The molecule has 0 saturated heterocycles. The third-order valence-corrected chi connectivity index (χ3v) is 5.21. The van der Waals surface area contributed by atoms with Crippen LogP contribution in [0.5, 0.6) is 11.5 Å². The van der Waals surface area contributed by atoms with Crippen LogP contribution in [0.15, 0.2) is 18.2 Å². The van der Waals surface area contributed by atoms with Crippen molar-refractivity contribution in [2.75, 3.05) is 27.4 Å². The summed E-state index contributed by atoms with van der Waals surface area (Å²) in [5, 5.41) is 8.82. The summed E-state index contributed by atoms with van der Waals surface area (Å²) < 4.78 is 16.4. The van der Waals surface area contributed by atoms with Crippen molar-refractivity contribution in [2.45, 2.75) is 59.3 Å². The molecule has 160 valence electrons. The lowest BCUT2D eigenvalue weighted by molar-refractivity contribution is -0.137. The fraction of sp³-hybridized carbons (Fsp3) is 0.696. The molecular weight excluding hydrogens is 356 g/mol. The molecule has 28 heavy (non-hydrogen) atoms. The van der Waals surface area contributed by atoms with E-state index in [0.29, 0.717) is 31.0 Å². The number of aliphatic carboxylic acids is 1. The van der Waals surface area contributed by atoms with Gasteiger partial charge in [-0.3, -0.25) is 4.79 Å². The zero-order valence-corrected chi connectivity index (χ0v) is 18.2. The van der Waals surface area contributed by atoms with Crippen molar-refractivity contribution in [1.82, 2.24) is 0 Å². The molecule has 5 heteroatoms. The fourth-order valence-electron chi connectivity index (χ4n) is 3.48. The van der Waals surface area contributed by atoms with Gasteiger partial charge in [-0.25, -0.2) is 0 Å². The number of carboxylic acids is 1. The van der Waals surface area contributed by atoms with Gasteiger partial charge in [0.15, 0.2) is 11.5 Å². The van der Waals surface area contributed by atoms with E-state index in [1.54, 1.807) is 14.2 Å². The van der Waals surface area contributed by atoms with Gasteiger partial charge in [0.25, 0.3) is 0 Å². The highest BCUT2D eigenvalue weighted by molar-refractivity contribution is 5.66. The van der Waals surface area contributed by atoms with Crippen LogP contribution in [0.2, 0.25) is 0 Å². The lowest BCUT2D eigenvalue weighted by Crippen LogP contribution is -2.16. The second kappa shape index (κ2) is 13.4. The van der Waals surface area contributed by atoms with Gasteiger partial charge >= 0.3 is 5.97 Å². The molecule has 0 aliphatic heterocycles. The molecular formula is C23H38O5. The highest BCUT2D eigenvalue weighted by Gasteiger charge is 2.19. The molecule has 1 aromatic rings. The summed E-state index contributed by atoms with van der Waals surface area (Å²) in [5.74, 6) is 2.47. The van der Waals surface area contributed by atoms with Gasteiger partial charge in [-0.1, -0.05) is 33.3 Å². The molecule has 0 spiro atoms. The van der Waals surface area contributed by atoms with Crippen molar-refractivity contribution in [1.29, 1.82) is 0 Å². The smallest absolute Gasteiger partial charge is 0.303 e. The standard InChI is InChI=1S/C23H38O5/c1-17(2)20(14-18(3)8-6-9-23(24)25)15-19-10-11-21(27-5)22(16-19)28-13-7-12-26-4/h10-11,16-18,20H,6-9,12-15H2,1-5H3,(H,24,25). The zero-order chi connectivity index (χ0) is 20.9. The van der Waals surface area contributed by atoms with Crippen molar-refractivity contribution >= 4 is 5.97 Å². The van der Waals surface area contributed by atoms with Gasteiger partial charge in [0, 0.05) is 26.6 Å². The van der Waals surface area contributed by atoms with Gasteiger partial charge in [-0.2, -0.15) is 0 Å². The second-order valence-electron chi connectivity index (χ2n) is 8.02. The van der Waals surface area contributed by atoms with Crippen LogP contribution in [0, 0.1) is 17.8 Å². The maximum Gasteiger partial charge on any atom is 0.303 e. The fourth-order valence-corrected chi connectivity index (χ4v) is 3.48. The molecule has 0 amide bonds. The number of rotatable bonds is 15. The van der Waals surface area contributed by atoms with Gasteiger partial charge in [0.05, 0.1) is 13.7 Å². The summed E-state index contributed by atoms with van der Waals surface area (Å²) >= 11 is 0. The molecule has 0 radical (unpaired) electrons. The van der Waals surface area contributed by atoms with Crippen LogP contribution in [0.1, 0.15) is 58.4 Å². The topological polar surface area (TPSA) is 65.0 Å². The maximum absolute atomic E-state index is 10.7. The lowest BCUT2D eigenvalue weighted by atomic mass is 9.81. The van der Waals surface area contributed by atoms with Gasteiger partial charge in [0.1, 0.15) is 0 Å². The highest BCUT2D eigenvalue weighted by Crippen LogP contribution is 2.32. The predicted molar refractivity (Wildman–Crippen MR) is 112 cm³/mol. The second-order valence-corrected chi connectivity index (χ2v) is 8.02. The van der Waals surface area contributed by atoms with Gasteiger partial charge in [-0.15, -0.1) is 0 Å². The Bertz CT molecular complexity index is 570. The normalized spacial score (nSPS) is 13.4. The highest BCUT2D eigenvalue weighted by atomic mass is 16.5. The summed E-state index contributed by atoms with van der Waals surface area (Å²) in [6, 6.07) is 6.19. The molecule has 0 saturated carbocycles. The SMILES string of the molecule is COCCCOc1cc(CC(CC(C)CCCC(=O)O)C(C)C)ccc1OC. The van der Waals surface area contributed by atoms with E-state index in [1.165, 1.54) is 5.56 Å². The van der Waals surface area contributed by atoms with Crippen LogP contribution < -0.4 is 9.47 Å². The van der Waals surface area contributed by atoms with Crippen molar-refractivity contribution in [2.24, 2.45) is 17.8 Å². The Hall–Kier alpha value is -1.75. The number of methoxy groups -OCH3 is 2. The van der Waals surface area contributed by atoms with Crippen molar-refractivity contribution in [3.8, 4) is 11.5 Å². The van der Waals surface area contributed by atoms with E-state index < -0.39 is 5.97 Å². The summed E-state index contributed by atoms with van der Waals surface area (Å²) in [6.45, 7) is 8.04. The van der Waals surface area contributed by atoms with E-state index in [1.807, 2.05) is 6.07 Å². The number of benzene rings is 1. The summed E-state index contributed by atoms with van der Waals surface area (Å²) in [5.41, 5.74) is 1.25. The number of hydrogen-bond acceptors (Lipinski definition) is 4. The van der Waals surface area contributed by atoms with Crippen LogP contribution >= 0.6 is 0 Å². The van der Waals surface area contributed by atoms with E-state index >= 15 is 0 Å². The minimum atomic E-state index is -0.705. The largest absolute Gasteiger partial charge is 0.493 e. The molecule has 0 heterocycles. The number of carboxylic acid groups (broad SMARTS) is 1. The van der Waals surface area contributed by atoms with Crippen LogP contribution in [-0.2, 0) is 16.0 Å². The molecule has 1 N–H and O–H groups in total. The predicted octanol–water partition coefficient (Wildman–Crippen LogP) is 5.21. The molecule has 2 unspecified atom stereocenters. The molecule has 0 fully saturated rings. The summed E-state index contributed by atoms with van der Waals surface area (Å²) in [6.07, 6.45) is 4.91. The van der Waals surface area contributed by atoms with E-state index in [0.717, 1.165) is 43.6 Å². The summed E-state index contributed by atoms with van der Waals surface area (Å²) in [4.78, 5) is 10.7. The first-order valence-corrected chi connectivity index (χ1v) is 10.4. The Morgan fingerprint density at radius 3 is 2.43 bits per heavy atom. The third kappa shape index (κ3) is 9.45. The van der Waals surface area contributed by atoms with Crippen LogP contribution in [0.25, 0.3) is 0 Å². The summed E-state index contributed by atoms with van der Waals surface area (Å²) in [7, 11) is 3.35. The average Bonchev–Trinajstić information content (AvgIpc) is 2.64. The van der Waals surface area contributed by atoms with Crippen molar-refractivity contribution < 1.29 is 24.1 Å². The van der Waals surface area contributed by atoms with Crippen LogP contribution in [0.3, 0.4) is 0 Å². The van der Waals surface area contributed by atoms with E-state index in [9.17, 15) is 4.79 Å². The van der Waals surface area contributed by atoms with Gasteiger partial charge in [-0.05, 0) is 54.7 Å². The lowest BCUT2D eigenvalue weighted by Gasteiger charge is -2.25. The number of hydrogen-bond donors (Lipinski definition) is 1. The van der Waals surface area contributed by atoms with Gasteiger partial charge < -0.3 is 19.3 Å². The third-order valence-electron chi connectivity index (χ3n) is 5.21. The minimum absolute atomic E-state index is 0.263. The van der Waals surface area contributed by atoms with E-state index in [4.69, 9.17) is 19.3 Å². The first kappa shape index (κ1) is 24.3. The van der Waals surface area contributed by atoms with E-state index in [2.05, 4.69) is 32.9 Å². The molecule has 0 aromatic heterocycles. The maximum atomic E-state index is 10.7. The quantitative estimate of drug-likeness (QED) is 0.414. The van der Waals surface area contributed by atoms with E-state index in [-0.39, 0.29) is 6.42 Å².